The molecule has 2 unspecified atom stereocenters. The average Bonchev–Trinajstić information content (AvgIpc) is 3.33. The molecule has 2 aromatic carbocycles. The molecule has 8 nitrogen and oxygen atoms in total. The first-order valence-corrected chi connectivity index (χ1v) is 12.4. The summed E-state index contributed by atoms with van der Waals surface area (Å²) in [7, 11) is 0. The number of amides is 2. The molecule has 1 fully saturated rings. The van der Waals surface area contributed by atoms with Crippen molar-refractivity contribution in [2.75, 3.05) is 18.1 Å². The molecule has 3 aromatic rings. The van der Waals surface area contributed by atoms with Crippen molar-refractivity contribution in [3.8, 4) is 5.75 Å². The van der Waals surface area contributed by atoms with Gasteiger partial charge in [0.15, 0.2) is 6.61 Å². The van der Waals surface area contributed by atoms with Crippen LogP contribution in [-0.4, -0.2) is 41.2 Å². The molecule has 1 aromatic heterocycles. The van der Waals surface area contributed by atoms with Crippen molar-refractivity contribution in [1.29, 1.82) is 0 Å². The average molecular weight is 497 g/mol. The van der Waals surface area contributed by atoms with Gasteiger partial charge in [-0.3, -0.25) is 14.4 Å². The van der Waals surface area contributed by atoms with E-state index >= 15 is 0 Å². The number of aromatic nitrogens is 1. The van der Waals surface area contributed by atoms with E-state index in [0.29, 0.717) is 16.5 Å². The van der Waals surface area contributed by atoms with Gasteiger partial charge in [-0.05, 0) is 36.8 Å². The summed E-state index contributed by atoms with van der Waals surface area (Å²) in [6.45, 7) is 1.79. The van der Waals surface area contributed by atoms with E-state index in [-0.39, 0.29) is 29.9 Å². The SMILES string of the molecule is CCOC(=O)COc1ccc([C@H]2c3sc(=O)[nH]c3SC3C(=O)N(c4ccccc4)C(=O)C32)cc1. The lowest BCUT2D eigenvalue weighted by atomic mass is 9.83. The molecule has 0 aliphatic carbocycles. The predicted octanol–water partition coefficient (Wildman–Crippen LogP) is 3.17. The summed E-state index contributed by atoms with van der Waals surface area (Å²) in [5.74, 6) is -1.68. The maximum absolute atomic E-state index is 13.6. The molecule has 3 atom stereocenters. The number of aromatic amines is 1. The molecule has 1 saturated heterocycles. The van der Waals surface area contributed by atoms with Crippen LogP contribution in [0.25, 0.3) is 0 Å². The van der Waals surface area contributed by atoms with Crippen molar-refractivity contribution in [3.63, 3.8) is 0 Å². The van der Waals surface area contributed by atoms with Crippen molar-refractivity contribution in [2.45, 2.75) is 23.1 Å². The molecular formula is C24H20N2O6S2. The zero-order chi connectivity index (χ0) is 23.8. The molecule has 0 spiro atoms. The molecular weight excluding hydrogens is 476 g/mol. The van der Waals surface area contributed by atoms with E-state index in [1.165, 1.54) is 16.7 Å². The number of hydrogen-bond acceptors (Lipinski definition) is 8. The summed E-state index contributed by atoms with van der Waals surface area (Å²) in [6.07, 6.45) is 0. The smallest absolute Gasteiger partial charge is 0.344 e. The van der Waals surface area contributed by atoms with Crippen molar-refractivity contribution in [3.05, 3.63) is 74.7 Å². The second-order valence-corrected chi connectivity index (χ2v) is 9.93. The number of thiazole rings is 1. The second-order valence-electron chi connectivity index (χ2n) is 7.76. The number of imide groups is 1. The molecule has 2 amide bonds. The Balaban J connectivity index is 1.49. The highest BCUT2D eigenvalue weighted by Crippen LogP contribution is 2.53. The first-order valence-electron chi connectivity index (χ1n) is 10.7. The molecule has 3 heterocycles. The number of H-pyrrole nitrogens is 1. The van der Waals surface area contributed by atoms with Crippen LogP contribution in [-0.2, 0) is 19.1 Å². The molecule has 2 aliphatic heterocycles. The largest absolute Gasteiger partial charge is 0.482 e. The number of fused-ring (bicyclic) bond motifs is 2. The minimum Gasteiger partial charge on any atom is -0.482 e. The van der Waals surface area contributed by atoms with Crippen LogP contribution in [0.3, 0.4) is 0 Å². The number of benzene rings is 2. The van der Waals surface area contributed by atoms with Crippen molar-refractivity contribution >= 4 is 46.6 Å². The van der Waals surface area contributed by atoms with Crippen LogP contribution < -0.4 is 14.5 Å². The molecule has 10 heteroatoms. The maximum Gasteiger partial charge on any atom is 0.344 e. The van der Waals surface area contributed by atoms with Crippen LogP contribution in [0.2, 0.25) is 0 Å². The van der Waals surface area contributed by atoms with Gasteiger partial charge >= 0.3 is 10.8 Å². The van der Waals surface area contributed by atoms with Gasteiger partial charge in [-0.1, -0.05) is 53.4 Å². The van der Waals surface area contributed by atoms with E-state index in [4.69, 9.17) is 9.47 Å². The Morgan fingerprint density at radius 1 is 1.03 bits per heavy atom. The van der Waals surface area contributed by atoms with Gasteiger partial charge in [0, 0.05) is 10.8 Å². The van der Waals surface area contributed by atoms with Gasteiger partial charge in [0.1, 0.15) is 11.0 Å². The summed E-state index contributed by atoms with van der Waals surface area (Å²) in [4.78, 5) is 55.2. The Morgan fingerprint density at radius 3 is 2.47 bits per heavy atom. The Labute approximate surface area is 202 Å². The number of hydrogen-bond donors (Lipinski definition) is 1. The summed E-state index contributed by atoms with van der Waals surface area (Å²) in [5.41, 5.74) is 1.32. The number of rotatable bonds is 6. The third-order valence-corrected chi connectivity index (χ3v) is 8.14. The number of carbonyl (C=O) groups is 3. The van der Waals surface area contributed by atoms with Crippen molar-refractivity contribution in [2.24, 2.45) is 5.92 Å². The van der Waals surface area contributed by atoms with Crippen LogP contribution in [0.4, 0.5) is 5.69 Å². The fourth-order valence-corrected chi connectivity index (χ4v) is 6.84. The monoisotopic (exact) mass is 496 g/mol. The number of para-hydroxylation sites is 1. The highest BCUT2D eigenvalue weighted by atomic mass is 32.2. The van der Waals surface area contributed by atoms with Gasteiger partial charge in [0.05, 0.1) is 23.2 Å². The normalized spacial score (nSPS) is 21.2. The lowest BCUT2D eigenvalue weighted by Gasteiger charge is -2.29. The van der Waals surface area contributed by atoms with Gasteiger partial charge in [-0.2, -0.15) is 0 Å². The highest BCUT2D eigenvalue weighted by molar-refractivity contribution is 8.00. The van der Waals surface area contributed by atoms with E-state index in [0.717, 1.165) is 21.8 Å². The number of thioether (sulfide) groups is 1. The van der Waals surface area contributed by atoms with Crippen molar-refractivity contribution in [1.82, 2.24) is 4.98 Å². The molecule has 34 heavy (non-hydrogen) atoms. The first-order chi connectivity index (χ1) is 16.5. The topological polar surface area (TPSA) is 106 Å². The van der Waals surface area contributed by atoms with Crippen LogP contribution in [0.15, 0.2) is 64.4 Å². The van der Waals surface area contributed by atoms with E-state index in [9.17, 15) is 19.2 Å². The van der Waals surface area contributed by atoms with Crippen LogP contribution in [0.5, 0.6) is 5.75 Å². The third-order valence-electron chi connectivity index (χ3n) is 5.74. The van der Waals surface area contributed by atoms with Crippen LogP contribution in [0, 0.1) is 5.92 Å². The highest BCUT2D eigenvalue weighted by Gasteiger charge is 2.56. The molecule has 2 aliphatic rings. The molecule has 1 N–H and O–H groups in total. The Hall–Kier alpha value is -3.37. The summed E-state index contributed by atoms with van der Waals surface area (Å²) < 4.78 is 10.3. The number of nitrogens with one attached hydrogen (secondary N) is 1. The summed E-state index contributed by atoms with van der Waals surface area (Å²) in [5, 5.41) is -0.0184. The Kier molecular flexibility index (Phi) is 6.01. The lowest BCUT2D eigenvalue weighted by Crippen LogP contribution is -2.32. The molecule has 174 valence electrons. The van der Waals surface area contributed by atoms with Gasteiger partial charge in [-0.15, -0.1) is 0 Å². The van der Waals surface area contributed by atoms with Crippen LogP contribution >= 0.6 is 23.1 Å². The van der Waals surface area contributed by atoms with Gasteiger partial charge < -0.3 is 14.5 Å². The van der Waals surface area contributed by atoms with Crippen molar-refractivity contribution < 1.29 is 23.9 Å². The maximum atomic E-state index is 13.6. The van der Waals surface area contributed by atoms with E-state index in [1.807, 2.05) is 6.07 Å². The first kappa shape index (κ1) is 22.4. The van der Waals surface area contributed by atoms with Gasteiger partial charge in [0.2, 0.25) is 11.8 Å². The quantitative estimate of drug-likeness (QED) is 0.413. The fraction of sp³-hybridized carbons (Fsp3) is 0.250. The Morgan fingerprint density at radius 2 is 1.76 bits per heavy atom. The number of ether oxygens (including phenoxy) is 2. The van der Waals surface area contributed by atoms with Crippen LogP contribution in [0.1, 0.15) is 23.3 Å². The molecule has 0 bridgehead atoms. The zero-order valence-electron chi connectivity index (χ0n) is 18.1. The number of esters is 1. The Bertz CT molecular complexity index is 1300. The van der Waals surface area contributed by atoms with Gasteiger partial charge in [-0.25, -0.2) is 9.69 Å². The number of nitrogens with zero attached hydrogens (tertiary/aromatic N) is 1. The summed E-state index contributed by atoms with van der Waals surface area (Å²) in [6, 6.07) is 15.9. The fourth-order valence-electron chi connectivity index (χ4n) is 4.32. The minimum atomic E-state index is -0.650. The molecule has 0 saturated carbocycles. The zero-order valence-corrected chi connectivity index (χ0v) is 19.7. The molecule has 5 rings (SSSR count). The second kappa shape index (κ2) is 9.11. The number of anilines is 1. The van der Waals surface area contributed by atoms with E-state index in [1.54, 1.807) is 55.5 Å². The minimum absolute atomic E-state index is 0.208. The number of carbonyl (C=O) groups excluding carboxylic acids is 3. The van der Waals surface area contributed by atoms with E-state index < -0.39 is 23.1 Å². The lowest BCUT2D eigenvalue weighted by molar-refractivity contribution is -0.145. The summed E-state index contributed by atoms with van der Waals surface area (Å²) >= 11 is 2.30. The van der Waals surface area contributed by atoms with E-state index in [2.05, 4.69) is 4.98 Å². The third kappa shape index (κ3) is 3.92. The predicted molar refractivity (Wildman–Crippen MR) is 127 cm³/mol. The standard InChI is InChI=1S/C24H20N2O6S2/c1-2-31-16(27)12-32-15-10-8-13(9-11-15)17-18-20(33-21-19(17)34-24(30)25-21)23(29)26(22(18)28)14-6-4-3-5-7-14/h3-11,17-18,20H,2,12H2,1H3,(H,25,30)/t17-,18?,20?/m1/s1. The van der Waals surface area contributed by atoms with Gasteiger partial charge in [0.25, 0.3) is 0 Å². The molecule has 0 radical (unpaired) electrons.